The topological polar surface area (TPSA) is 26.0 Å². The van der Waals surface area contributed by atoms with Crippen LogP contribution in [0.5, 0.6) is 0 Å². The van der Waals surface area contributed by atoms with Gasteiger partial charge in [0.25, 0.3) is 0 Å². The van der Waals surface area contributed by atoms with Gasteiger partial charge in [-0.1, -0.05) is 63.8 Å². The van der Waals surface area contributed by atoms with E-state index < -0.39 is 8.07 Å². The van der Waals surface area contributed by atoms with Gasteiger partial charge in [-0.3, -0.25) is 4.98 Å². The maximum absolute atomic E-state index is 6.45. The average Bonchev–Trinajstić information content (AvgIpc) is 3.38. The molecule has 0 radical (unpaired) electrons. The van der Waals surface area contributed by atoms with Gasteiger partial charge in [0.1, 0.15) is 11.2 Å². The summed E-state index contributed by atoms with van der Waals surface area (Å²) in [6.07, 6.45) is 6.27. The zero-order valence-electron chi connectivity index (χ0n) is 19.9. The minimum absolute atomic E-state index is 0.483. The molecule has 2 fully saturated rings. The molecule has 3 unspecified atom stereocenters. The first-order chi connectivity index (χ1) is 15.2. The van der Waals surface area contributed by atoms with Crippen LogP contribution in [0, 0.1) is 17.3 Å². The quantitative estimate of drug-likeness (QED) is 0.305. The summed E-state index contributed by atoms with van der Waals surface area (Å²) >= 11 is 0. The second kappa shape index (κ2) is 6.80. The Labute approximate surface area is 192 Å². The van der Waals surface area contributed by atoms with E-state index in [1.165, 1.54) is 40.8 Å². The van der Waals surface area contributed by atoms with Gasteiger partial charge in [-0.05, 0) is 71.4 Å². The summed E-state index contributed by atoms with van der Waals surface area (Å²) in [7, 11) is -1.53. The monoisotopic (exact) mass is 439 g/mol. The zero-order valence-corrected chi connectivity index (χ0v) is 20.9. The Bertz CT molecular complexity index is 1330. The summed E-state index contributed by atoms with van der Waals surface area (Å²) in [5.74, 6) is 2.35. The number of hydrogen-bond donors (Lipinski definition) is 0. The van der Waals surface area contributed by atoms with Gasteiger partial charge in [0.05, 0.1) is 13.8 Å². The summed E-state index contributed by atoms with van der Waals surface area (Å²) in [5.41, 5.74) is 5.99. The molecule has 0 saturated heterocycles. The lowest BCUT2D eigenvalue weighted by molar-refractivity contribution is 0.253. The van der Waals surface area contributed by atoms with Gasteiger partial charge >= 0.3 is 0 Å². The van der Waals surface area contributed by atoms with Crippen LogP contribution in [0.25, 0.3) is 33.2 Å². The minimum atomic E-state index is -1.53. The molecule has 2 saturated carbocycles. The SMILES string of the molecule is CC1(C)C2CCC1C(c1ccc(-c3ccc([Si](C)(C)C)c4c3oc3ccccc34)nc1)C2. The summed E-state index contributed by atoms with van der Waals surface area (Å²) in [6.45, 7) is 12.2. The van der Waals surface area contributed by atoms with Crippen LogP contribution in [-0.4, -0.2) is 13.1 Å². The smallest absolute Gasteiger partial charge is 0.144 e. The fraction of sp³-hybridized carbons (Fsp3) is 0.414. The first kappa shape index (κ1) is 20.2. The molecular formula is C29H33NOSi. The Hall–Kier alpha value is -2.39. The van der Waals surface area contributed by atoms with Crippen molar-refractivity contribution in [2.75, 3.05) is 0 Å². The molecule has 2 aliphatic carbocycles. The van der Waals surface area contributed by atoms with Crippen LogP contribution in [0.2, 0.25) is 19.6 Å². The van der Waals surface area contributed by atoms with Gasteiger partial charge in [0, 0.05) is 22.5 Å². The van der Waals surface area contributed by atoms with Crippen LogP contribution in [0.3, 0.4) is 0 Å². The van der Waals surface area contributed by atoms with E-state index in [0.29, 0.717) is 11.3 Å². The Morgan fingerprint density at radius 2 is 1.78 bits per heavy atom. The molecule has 32 heavy (non-hydrogen) atoms. The second-order valence-corrected chi connectivity index (χ2v) is 16.8. The molecule has 164 valence electrons. The Kier molecular flexibility index (Phi) is 4.30. The van der Waals surface area contributed by atoms with Crippen molar-refractivity contribution >= 4 is 35.2 Å². The molecule has 0 spiro atoms. The number of fused-ring (bicyclic) bond motifs is 5. The highest BCUT2D eigenvalue weighted by Crippen LogP contribution is 2.63. The van der Waals surface area contributed by atoms with Crippen molar-refractivity contribution in [3.63, 3.8) is 0 Å². The molecule has 3 atom stereocenters. The molecule has 2 aromatic heterocycles. The van der Waals surface area contributed by atoms with Gasteiger partial charge in [-0.15, -0.1) is 0 Å². The molecule has 4 aromatic rings. The predicted molar refractivity (Wildman–Crippen MR) is 137 cm³/mol. The Balaban J connectivity index is 1.45. The molecule has 0 amide bonds. The van der Waals surface area contributed by atoms with Crippen molar-refractivity contribution in [3.05, 3.63) is 60.3 Å². The number of pyridine rings is 1. The molecule has 6 rings (SSSR count). The van der Waals surface area contributed by atoms with E-state index in [-0.39, 0.29) is 0 Å². The minimum Gasteiger partial charge on any atom is -0.455 e. The van der Waals surface area contributed by atoms with Crippen LogP contribution >= 0.6 is 0 Å². The number of aromatic nitrogens is 1. The van der Waals surface area contributed by atoms with E-state index in [9.17, 15) is 0 Å². The molecule has 2 aromatic carbocycles. The summed E-state index contributed by atoms with van der Waals surface area (Å²) < 4.78 is 6.45. The second-order valence-electron chi connectivity index (χ2n) is 11.7. The van der Waals surface area contributed by atoms with Crippen LogP contribution in [0.15, 0.2) is 59.1 Å². The molecule has 2 bridgehead atoms. The van der Waals surface area contributed by atoms with Crippen LogP contribution in [0.4, 0.5) is 0 Å². The van der Waals surface area contributed by atoms with Crippen LogP contribution in [0.1, 0.15) is 44.6 Å². The van der Waals surface area contributed by atoms with Gasteiger partial charge < -0.3 is 4.42 Å². The van der Waals surface area contributed by atoms with E-state index in [1.54, 1.807) is 0 Å². The predicted octanol–water partition coefficient (Wildman–Crippen LogP) is 7.73. The molecule has 2 aliphatic rings. The normalized spacial score (nSPS) is 24.6. The van der Waals surface area contributed by atoms with Gasteiger partial charge in [-0.25, -0.2) is 0 Å². The van der Waals surface area contributed by atoms with Gasteiger partial charge in [0.2, 0.25) is 0 Å². The Morgan fingerprint density at radius 3 is 2.44 bits per heavy atom. The van der Waals surface area contributed by atoms with Crippen molar-refractivity contribution in [2.24, 2.45) is 17.3 Å². The number of para-hydroxylation sites is 1. The highest BCUT2D eigenvalue weighted by atomic mass is 28.3. The fourth-order valence-electron chi connectivity index (χ4n) is 6.85. The van der Waals surface area contributed by atoms with E-state index in [4.69, 9.17) is 9.40 Å². The van der Waals surface area contributed by atoms with Crippen molar-refractivity contribution in [1.82, 2.24) is 4.98 Å². The highest BCUT2D eigenvalue weighted by Gasteiger charge is 2.53. The molecule has 2 nitrogen and oxygen atoms in total. The summed E-state index contributed by atoms with van der Waals surface area (Å²) in [4.78, 5) is 4.99. The lowest BCUT2D eigenvalue weighted by atomic mass is 9.78. The molecule has 3 heteroatoms. The van der Waals surface area contributed by atoms with Crippen molar-refractivity contribution in [2.45, 2.75) is 58.7 Å². The third kappa shape index (κ3) is 2.86. The number of rotatable bonds is 3. The third-order valence-corrected chi connectivity index (χ3v) is 10.7. The number of benzene rings is 2. The van der Waals surface area contributed by atoms with Crippen molar-refractivity contribution < 1.29 is 4.42 Å². The maximum Gasteiger partial charge on any atom is 0.144 e. The largest absolute Gasteiger partial charge is 0.455 e. The van der Waals surface area contributed by atoms with Gasteiger partial charge in [-0.2, -0.15) is 0 Å². The van der Waals surface area contributed by atoms with E-state index in [2.05, 4.69) is 88.2 Å². The number of nitrogens with zero attached hydrogens (tertiary/aromatic N) is 1. The highest BCUT2D eigenvalue weighted by molar-refractivity contribution is 6.90. The van der Waals surface area contributed by atoms with Crippen LogP contribution < -0.4 is 5.19 Å². The molecular weight excluding hydrogens is 406 g/mol. The van der Waals surface area contributed by atoms with Crippen LogP contribution in [-0.2, 0) is 0 Å². The first-order valence-corrected chi connectivity index (χ1v) is 15.7. The van der Waals surface area contributed by atoms with Crippen molar-refractivity contribution in [1.29, 1.82) is 0 Å². The lowest BCUT2D eigenvalue weighted by Crippen LogP contribution is -2.37. The van der Waals surface area contributed by atoms with E-state index in [1.807, 2.05) is 0 Å². The molecule has 0 N–H and O–H groups in total. The van der Waals surface area contributed by atoms with E-state index in [0.717, 1.165) is 34.3 Å². The van der Waals surface area contributed by atoms with E-state index >= 15 is 0 Å². The first-order valence-electron chi connectivity index (χ1n) is 12.2. The number of furan rings is 1. The maximum atomic E-state index is 6.45. The Morgan fingerprint density at radius 1 is 0.969 bits per heavy atom. The molecule has 0 aliphatic heterocycles. The standard InChI is InChI=1S/C29H33NOSi/c1-29(2)19-11-13-23(29)22(16-19)18-10-14-24(30-17-18)20-12-15-26(32(3,4)5)27-21-8-6-7-9-25(21)31-28(20)27/h6-10,12,14-15,17,19,22-23H,11,13,16H2,1-5H3. The number of hydrogen-bond acceptors (Lipinski definition) is 2. The van der Waals surface area contributed by atoms with Crippen molar-refractivity contribution in [3.8, 4) is 11.3 Å². The third-order valence-electron chi connectivity index (χ3n) is 8.68. The lowest BCUT2D eigenvalue weighted by Gasteiger charge is -2.27. The molecule has 2 heterocycles. The summed E-state index contributed by atoms with van der Waals surface area (Å²) in [5, 5.41) is 3.97. The van der Waals surface area contributed by atoms with Gasteiger partial charge in [0.15, 0.2) is 0 Å². The fourth-order valence-corrected chi connectivity index (χ4v) is 8.43. The average molecular weight is 440 g/mol. The summed E-state index contributed by atoms with van der Waals surface area (Å²) in [6, 6.07) is 17.6. The zero-order chi connectivity index (χ0) is 22.3.